The molecule has 1 aromatic heterocycles. The van der Waals surface area contributed by atoms with Crippen molar-refractivity contribution in [2.24, 2.45) is 0 Å². The lowest BCUT2D eigenvalue weighted by atomic mass is 9.90. The Morgan fingerprint density at radius 1 is 1.07 bits per heavy atom. The average molecular weight is 402 g/mol. The van der Waals surface area contributed by atoms with Gasteiger partial charge in [0.15, 0.2) is 0 Å². The number of halogens is 1. The Morgan fingerprint density at radius 2 is 1.87 bits per heavy atom. The van der Waals surface area contributed by atoms with Gasteiger partial charge in [0.05, 0.1) is 13.5 Å². The molecule has 1 atom stereocenters. The molecule has 3 aromatic carbocycles. The first kappa shape index (κ1) is 19.7. The molecule has 4 rings (SSSR count). The van der Waals surface area contributed by atoms with Crippen LogP contribution >= 0.6 is 0 Å². The Kier molecular flexibility index (Phi) is 5.80. The van der Waals surface area contributed by atoms with Crippen molar-refractivity contribution < 1.29 is 13.9 Å². The number of aromatic nitrogens is 1. The molecular weight excluding hydrogens is 379 g/mol. The Bertz CT molecular complexity index is 1150. The first-order valence-corrected chi connectivity index (χ1v) is 9.85. The molecule has 0 radical (unpaired) electrons. The maximum atomic E-state index is 13.4. The van der Waals surface area contributed by atoms with Crippen LogP contribution < -0.4 is 10.1 Å². The number of aromatic amines is 1. The van der Waals surface area contributed by atoms with Gasteiger partial charge in [-0.25, -0.2) is 4.39 Å². The number of hydrogen-bond acceptors (Lipinski definition) is 2. The third-order valence-electron chi connectivity index (χ3n) is 5.27. The van der Waals surface area contributed by atoms with Crippen LogP contribution in [0.25, 0.3) is 10.9 Å². The van der Waals surface area contributed by atoms with E-state index in [0.29, 0.717) is 12.1 Å². The predicted molar refractivity (Wildman–Crippen MR) is 116 cm³/mol. The summed E-state index contributed by atoms with van der Waals surface area (Å²) in [4.78, 5) is 15.8. The van der Waals surface area contributed by atoms with Crippen LogP contribution in [0.3, 0.4) is 0 Å². The second kappa shape index (κ2) is 8.82. The highest BCUT2D eigenvalue weighted by molar-refractivity contribution is 5.84. The fraction of sp³-hybridized carbons (Fsp3) is 0.160. The van der Waals surface area contributed by atoms with Gasteiger partial charge < -0.3 is 15.0 Å². The highest BCUT2D eigenvalue weighted by Gasteiger charge is 2.19. The molecule has 0 saturated heterocycles. The fourth-order valence-corrected chi connectivity index (χ4v) is 3.74. The third kappa shape index (κ3) is 4.35. The molecule has 1 heterocycles. The Morgan fingerprint density at radius 3 is 2.63 bits per heavy atom. The van der Waals surface area contributed by atoms with Crippen molar-refractivity contribution in [1.82, 2.24) is 10.3 Å². The number of amides is 1. The minimum atomic E-state index is -0.338. The lowest BCUT2D eigenvalue weighted by Crippen LogP contribution is -2.30. The molecule has 0 aliphatic heterocycles. The molecular formula is C25H23FN2O2. The van der Waals surface area contributed by atoms with Crippen LogP contribution in [0, 0.1) is 5.82 Å². The summed E-state index contributed by atoms with van der Waals surface area (Å²) in [6, 6.07) is 22.1. The van der Waals surface area contributed by atoms with Gasteiger partial charge in [-0.05, 0) is 47.0 Å². The van der Waals surface area contributed by atoms with Crippen LogP contribution in [0.2, 0.25) is 0 Å². The molecule has 1 unspecified atom stereocenters. The molecule has 30 heavy (non-hydrogen) atoms. The Hall–Kier alpha value is -3.60. The minimum Gasteiger partial charge on any atom is -0.497 e. The molecule has 2 N–H and O–H groups in total. The average Bonchev–Trinajstić information content (AvgIpc) is 3.18. The topological polar surface area (TPSA) is 54.1 Å². The number of para-hydroxylation sites is 1. The summed E-state index contributed by atoms with van der Waals surface area (Å²) in [5.74, 6) is 0.268. The first-order chi connectivity index (χ1) is 14.6. The van der Waals surface area contributed by atoms with Gasteiger partial charge >= 0.3 is 0 Å². The van der Waals surface area contributed by atoms with Crippen molar-refractivity contribution in [3.8, 4) is 5.75 Å². The normalized spacial score (nSPS) is 11.9. The highest BCUT2D eigenvalue weighted by Crippen LogP contribution is 2.31. The molecule has 0 aliphatic rings. The van der Waals surface area contributed by atoms with Crippen LogP contribution in [-0.4, -0.2) is 24.5 Å². The van der Waals surface area contributed by atoms with E-state index in [1.807, 2.05) is 48.7 Å². The summed E-state index contributed by atoms with van der Waals surface area (Å²) in [7, 11) is 1.64. The van der Waals surface area contributed by atoms with E-state index < -0.39 is 0 Å². The number of fused-ring (bicyclic) bond motifs is 1. The number of H-pyrrole nitrogens is 1. The van der Waals surface area contributed by atoms with E-state index in [1.165, 1.54) is 12.1 Å². The SMILES string of the molecule is COc1ccc(C(CNC(=O)Cc2cccc(F)c2)c2c[nH]c3ccccc23)cc1. The van der Waals surface area contributed by atoms with Crippen LogP contribution in [-0.2, 0) is 11.2 Å². The van der Waals surface area contributed by atoms with Crippen molar-refractivity contribution in [2.75, 3.05) is 13.7 Å². The van der Waals surface area contributed by atoms with Crippen molar-refractivity contribution >= 4 is 16.8 Å². The maximum absolute atomic E-state index is 13.4. The molecule has 0 aliphatic carbocycles. The molecule has 4 nitrogen and oxygen atoms in total. The molecule has 152 valence electrons. The van der Waals surface area contributed by atoms with E-state index >= 15 is 0 Å². The van der Waals surface area contributed by atoms with Crippen molar-refractivity contribution in [3.63, 3.8) is 0 Å². The number of hydrogen-bond donors (Lipinski definition) is 2. The van der Waals surface area contributed by atoms with Crippen LogP contribution in [0.5, 0.6) is 5.75 Å². The lowest BCUT2D eigenvalue weighted by Gasteiger charge is -2.19. The number of benzene rings is 3. The van der Waals surface area contributed by atoms with E-state index in [-0.39, 0.29) is 24.1 Å². The quantitative estimate of drug-likeness (QED) is 0.466. The van der Waals surface area contributed by atoms with Gasteiger partial charge in [-0.3, -0.25) is 4.79 Å². The van der Waals surface area contributed by atoms with Crippen molar-refractivity contribution in [3.05, 3.63) is 102 Å². The van der Waals surface area contributed by atoms with Gasteiger partial charge in [0.1, 0.15) is 11.6 Å². The fourth-order valence-electron chi connectivity index (χ4n) is 3.74. The van der Waals surface area contributed by atoms with Gasteiger partial charge in [-0.15, -0.1) is 0 Å². The standard InChI is InChI=1S/C25H23FN2O2/c1-30-20-11-9-18(10-12-20)22(23-16-27-24-8-3-2-7-21(23)24)15-28-25(29)14-17-5-4-6-19(26)13-17/h2-13,16,22,27H,14-15H2,1H3,(H,28,29). The van der Waals surface area contributed by atoms with Gasteiger partial charge in [0.25, 0.3) is 0 Å². The zero-order valence-electron chi connectivity index (χ0n) is 16.7. The summed E-state index contributed by atoms with van der Waals surface area (Å²) in [6.45, 7) is 0.433. The molecule has 0 saturated carbocycles. The third-order valence-corrected chi connectivity index (χ3v) is 5.27. The second-order valence-corrected chi connectivity index (χ2v) is 7.23. The van der Waals surface area contributed by atoms with Gasteiger partial charge in [0.2, 0.25) is 5.91 Å². The summed E-state index contributed by atoms with van der Waals surface area (Å²) >= 11 is 0. The number of ether oxygens (including phenoxy) is 1. The Labute approximate surface area is 174 Å². The zero-order valence-corrected chi connectivity index (χ0v) is 16.7. The largest absolute Gasteiger partial charge is 0.497 e. The number of carbonyl (C=O) groups is 1. The molecule has 0 fully saturated rings. The number of nitrogens with one attached hydrogen (secondary N) is 2. The molecule has 4 aromatic rings. The summed E-state index contributed by atoms with van der Waals surface area (Å²) in [5, 5.41) is 4.15. The van der Waals surface area contributed by atoms with E-state index in [1.54, 1.807) is 19.2 Å². The maximum Gasteiger partial charge on any atom is 0.224 e. The van der Waals surface area contributed by atoms with Crippen molar-refractivity contribution in [1.29, 1.82) is 0 Å². The van der Waals surface area contributed by atoms with Crippen molar-refractivity contribution in [2.45, 2.75) is 12.3 Å². The Balaban J connectivity index is 1.58. The highest BCUT2D eigenvalue weighted by atomic mass is 19.1. The zero-order chi connectivity index (χ0) is 20.9. The van der Waals surface area contributed by atoms with E-state index in [0.717, 1.165) is 27.8 Å². The van der Waals surface area contributed by atoms with Gasteiger partial charge in [-0.1, -0.05) is 42.5 Å². The second-order valence-electron chi connectivity index (χ2n) is 7.23. The molecule has 1 amide bonds. The smallest absolute Gasteiger partial charge is 0.224 e. The molecule has 0 bridgehead atoms. The van der Waals surface area contributed by atoms with Crippen LogP contribution in [0.15, 0.2) is 79.0 Å². The van der Waals surface area contributed by atoms with Gasteiger partial charge in [0, 0.05) is 29.6 Å². The van der Waals surface area contributed by atoms with E-state index in [9.17, 15) is 9.18 Å². The van der Waals surface area contributed by atoms with Gasteiger partial charge in [-0.2, -0.15) is 0 Å². The van der Waals surface area contributed by atoms with E-state index in [2.05, 4.69) is 16.4 Å². The van der Waals surface area contributed by atoms with E-state index in [4.69, 9.17) is 4.74 Å². The van der Waals surface area contributed by atoms with Crippen LogP contribution in [0.4, 0.5) is 4.39 Å². The number of carbonyl (C=O) groups excluding carboxylic acids is 1. The number of methoxy groups -OCH3 is 1. The molecule has 0 spiro atoms. The monoisotopic (exact) mass is 402 g/mol. The summed E-state index contributed by atoms with van der Waals surface area (Å²) in [5.41, 5.74) is 3.89. The predicted octanol–water partition coefficient (Wildman–Crippen LogP) is 4.81. The van der Waals surface area contributed by atoms with Crippen LogP contribution in [0.1, 0.15) is 22.6 Å². The summed E-state index contributed by atoms with van der Waals surface area (Å²) < 4.78 is 18.7. The summed E-state index contributed by atoms with van der Waals surface area (Å²) in [6.07, 6.45) is 2.14. The molecule has 5 heteroatoms. The number of rotatable bonds is 7. The first-order valence-electron chi connectivity index (χ1n) is 9.85. The minimum absolute atomic E-state index is 0.0384. The lowest BCUT2D eigenvalue weighted by molar-refractivity contribution is -0.120.